The third-order valence-corrected chi connectivity index (χ3v) is 3.52. The van der Waals surface area contributed by atoms with E-state index in [9.17, 15) is 8.78 Å². The van der Waals surface area contributed by atoms with E-state index in [0.717, 1.165) is 17.7 Å². The van der Waals surface area contributed by atoms with Gasteiger partial charge in [-0.15, -0.1) is 0 Å². The summed E-state index contributed by atoms with van der Waals surface area (Å²) in [6, 6.07) is 5.55. The van der Waals surface area contributed by atoms with E-state index < -0.39 is 11.6 Å². The SMILES string of the molecule is N#Cc1cc(F)c(N(CCO)Cc2ccsc2)c(F)c1. The highest BCUT2D eigenvalue weighted by Crippen LogP contribution is 2.26. The van der Waals surface area contributed by atoms with Crippen LogP contribution in [0.1, 0.15) is 11.1 Å². The van der Waals surface area contributed by atoms with E-state index in [1.54, 1.807) is 6.07 Å². The van der Waals surface area contributed by atoms with Gasteiger partial charge in [-0.05, 0) is 34.5 Å². The zero-order valence-corrected chi connectivity index (χ0v) is 11.3. The molecule has 1 aromatic heterocycles. The van der Waals surface area contributed by atoms with Crippen LogP contribution in [-0.2, 0) is 6.54 Å². The van der Waals surface area contributed by atoms with E-state index in [0.29, 0.717) is 6.54 Å². The van der Waals surface area contributed by atoms with E-state index >= 15 is 0 Å². The molecule has 104 valence electrons. The summed E-state index contributed by atoms with van der Waals surface area (Å²) in [5.74, 6) is -1.60. The lowest BCUT2D eigenvalue weighted by atomic mass is 10.1. The Morgan fingerprint density at radius 2 is 2.00 bits per heavy atom. The van der Waals surface area contributed by atoms with Gasteiger partial charge in [-0.1, -0.05) is 0 Å². The molecule has 1 aromatic carbocycles. The zero-order valence-electron chi connectivity index (χ0n) is 10.5. The first-order valence-corrected chi connectivity index (χ1v) is 6.86. The molecule has 1 heterocycles. The molecule has 20 heavy (non-hydrogen) atoms. The number of nitriles is 1. The fraction of sp³-hybridized carbons (Fsp3) is 0.214. The Balaban J connectivity index is 2.36. The van der Waals surface area contributed by atoms with E-state index in [-0.39, 0.29) is 24.4 Å². The van der Waals surface area contributed by atoms with Crippen molar-refractivity contribution in [2.24, 2.45) is 0 Å². The maximum absolute atomic E-state index is 14.0. The molecule has 0 fully saturated rings. The van der Waals surface area contributed by atoms with Crippen molar-refractivity contribution in [3.8, 4) is 6.07 Å². The molecule has 3 nitrogen and oxygen atoms in total. The average Bonchev–Trinajstić information content (AvgIpc) is 2.90. The fourth-order valence-corrected chi connectivity index (χ4v) is 2.59. The van der Waals surface area contributed by atoms with Crippen LogP contribution in [0.4, 0.5) is 14.5 Å². The summed E-state index contributed by atoms with van der Waals surface area (Å²) in [5.41, 5.74) is 0.624. The maximum Gasteiger partial charge on any atom is 0.150 e. The first-order valence-electron chi connectivity index (χ1n) is 5.91. The van der Waals surface area contributed by atoms with E-state index in [1.807, 2.05) is 16.8 Å². The van der Waals surface area contributed by atoms with Gasteiger partial charge in [0.25, 0.3) is 0 Å². The summed E-state index contributed by atoms with van der Waals surface area (Å²) in [6.07, 6.45) is 0. The summed E-state index contributed by atoms with van der Waals surface area (Å²) < 4.78 is 28.0. The Morgan fingerprint density at radius 1 is 1.30 bits per heavy atom. The van der Waals surface area contributed by atoms with Crippen molar-refractivity contribution in [3.63, 3.8) is 0 Å². The Morgan fingerprint density at radius 3 is 2.50 bits per heavy atom. The zero-order chi connectivity index (χ0) is 14.5. The van der Waals surface area contributed by atoms with Crippen molar-refractivity contribution >= 4 is 17.0 Å². The topological polar surface area (TPSA) is 47.3 Å². The first-order chi connectivity index (χ1) is 9.65. The Hall–Kier alpha value is -1.97. The second-order valence-corrected chi connectivity index (χ2v) is 4.96. The second-order valence-electron chi connectivity index (χ2n) is 4.18. The quantitative estimate of drug-likeness (QED) is 0.922. The molecule has 2 aromatic rings. The molecular formula is C14H12F2N2OS. The molecule has 0 aliphatic heterocycles. The van der Waals surface area contributed by atoms with Gasteiger partial charge in [0, 0.05) is 13.1 Å². The maximum atomic E-state index is 14.0. The number of hydrogen-bond donors (Lipinski definition) is 1. The molecule has 0 atom stereocenters. The highest BCUT2D eigenvalue weighted by molar-refractivity contribution is 7.07. The predicted octanol–water partition coefficient (Wildman–Crippen LogP) is 2.90. The van der Waals surface area contributed by atoms with E-state index in [2.05, 4.69) is 0 Å². The lowest BCUT2D eigenvalue weighted by molar-refractivity contribution is 0.300. The number of rotatable bonds is 5. The number of benzene rings is 1. The van der Waals surface area contributed by atoms with Crippen molar-refractivity contribution in [2.45, 2.75) is 6.54 Å². The van der Waals surface area contributed by atoms with Gasteiger partial charge in [0.2, 0.25) is 0 Å². The molecule has 0 bridgehead atoms. The molecule has 0 unspecified atom stereocenters. The molecular weight excluding hydrogens is 282 g/mol. The molecule has 0 amide bonds. The van der Waals surface area contributed by atoms with Gasteiger partial charge in [0.05, 0.1) is 18.2 Å². The molecule has 6 heteroatoms. The van der Waals surface area contributed by atoms with Crippen LogP contribution >= 0.6 is 11.3 Å². The summed E-state index contributed by atoms with van der Waals surface area (Å²) >= 11 is 1.49. The number of halogens is 2. The molecule has 0 spiro atoms. The average molecular weight is 294 g/mol. The highest BCUT2D eigenvalue weighted by Gasteiger charge is 2.18. The summed E-state index contributed by atoms with van der Waals surface area (Å²) in [6.45, 7) is 0.183. The van der Waals surface area contributed by atoms with Crippen LogP contribution in [0.3, 0.4) is 0 Å². The van der Waals surface area contributed by atoms with Crippen LogP contribution in [0.5, 0.6) is 0 Å². The lowest BCUT2D eigenvalue weighted by Crippen LogP contribution is -2.28. The van der Waals surface area contributed by atoms with Crippen LogP contribution in [0.25, 0.3) is 0 Å². The van der Waals surface area contributed by atoms with Gasteiger partial charge in [-0.2, -0.15) is 16.6 Å². The van der Waals surface area contributed by atoms with Crippen molar-refractivity contribution < 1.29 is 13.9 Å². The Bertz CT molecular complexity index is 600. The Kier molecular flexibility index (Phi) is 4.66. The summed E-state index contributed by atoms with van der Waals surface area (Å²) in [7, 11) is 0. The minimum atomic E-state index is -0.801. The van der Waals surface area contributed by atoms with Crippen LogP contribution in [0, 0.1) is 23.0 Å². The summed E-state index contributed by atoms with van der Waals surface area (Å²) in [5, 5.41) is 21.5. The van der Waals surface area contributed by atoms with Crippen molar-refractivity contribution in [2.75, 3.05) is 18.1 Å². The predicted molar refractivity (Wildman–Crippen MR) is 73.5 cm³/mol. The van der Waals surface area contributed by atoms with Crippen molar-refractivity contribution in [1.29, 1.82) is 5.26 Å². The van der Waals surface area contributed by atoms with Gasteiger partial charge < -0.3 is 10.0 Å². The van der Waals surface area contributed by atoms with Gasteiger partial charge in [0.15, 0.2) is 11.6 Å². The van der Waals surface area contributed by atoms with Crippen molar-refractivity contribution in [3.05, 3.63) is 51.7 Å². The first kappa shape index (κ1) is 14.4. The summed E-state index contributed by atoms with van der Waals surface area (Å²) in [4.78, 5) is 1.42. The monoisotopic (exact) mass is 294 g/mol. The molecule has 0 aliphatic rings. The third kappa shape index (κ3) is 3.13. The molecule has 0 saturated carbocycles. The van der Waals surface area contributed by atoms with Crippen molar-refractivity contribution in [1.82, 2.24) is 0 Å². The van der Waals surface area contributed by atoms with E-state index in [1.165, 1.54) is 16.2 Å². The van der Waals surface area contributed by atoms with Crippen LogP contribution < -0.4 is 4.90 Å². The molecule has 2 rings (SSSR count). The number of thiophene rings is 1. The second kappa shape index (κ2) is 6.46. The Labute approximate surface area is 119 Å². The highest BCUT2D eigenvalue weighted by atomic mass is 32.1. The van der Waals surface area contributed by atoms with Crippen LogP contribution in [0.15, 0.2) is 29.0 Å². The van der Waals surface area contributed by atoms with Crippen LogP contribution in [0.2, 0.25) is 0 Å². The largest absolute Gasteiger partial charge is 0.395 e. The van der Waals surface area contributed by atoms with Gasteiger partial charge >= 0.3 is 0 Å². The smallest absolute Gasteiger partial charge is 0.150 e. The number of anilines is 1. The minimum Gasteiger partial charge on any atom is -0.395 e. The van der Waals surface area contributed by atoms with E-state index in [4.69, 9.17) is 10.4 Å². The van der Waals surface area contributed by atoms with Gasteiger partial charge in [-0.3, -0.25) is 0 Å². The normalized spacial score (nSPS) is 10.3. The molecule has 0 aliphatic carbocycles. The number of aliphatic hydroxyl groups excluding tert-OH is 1. The molecule has 0 saturated heterocycles. The number of nitrogens with zero attached hydrogens (tertiary/aromatic N) is 2. The molecule has 0 radical (unpaired) electrons. The van der Waals surface area contributed by atoms with Gasteiger partial charge in [0.1, 0.15) is 5.69 Å². The minimum absolute atomic E-state index is 0.0665. The fourth-order valence-electron chi connectivity index (χ4n) is 1.93. The molecule has 1 N–H and O–H groups in total. The third-order valence-electron chi connectivity index (χ3n) is 2.79. The number of aliphatic hydroxyl groups is 1. The standard InChI is InChI=1S/C14H12F2N2OS/c15-12-5-11(7-17)6-13(16)14(12)18(2-3-19)8-10-1-4-20-9-10/h1,4-6,9,19H,2-3,8H2. The lowest BCUT2D eigenvalue weighted by Gasteiger charge is -2.24. The van der Waals surface area contributed by atoms with Gasteiger partial charge in [-0.25, -0.2) is 8.78 Å². The number of hydrogen-bond acceptors (Lipinski definition) is 4. The van der Waals surface area contributed by atoms with Crippen LogP contribution in [-0.4, -0.2) is 18.3 Å².